The van der Waals surface area contributed by atoms with Crippen LogP contribution < -0.4 is 5.32 Å². The van der Waals surface area contributed by atoms with Crippen LogP contribution in [0.3, 0.4) is 0 Å². The fourth-order valence-corrected chi connectivity index (χ4v) is 3.15. The van der Waals surface area contributed by atoms with E-state index >= 15 is 0 Å². The number of amidine groups is 1. The Morgan fingerprint density at radius 1 is 1.37 bits per heavy atom. The number of amides is 1. The second-order valence-electron chi connectivity index (χ2n) is 3.79. The molecule has 96 valence electrons. The van der Waals surface area contributed by atoms with Gasteiger partial charge < -0.3 is 5.32 Å². The van der Waals surface area contributed by atoms with Crippen LogP contribution in [-0.4, -0.2) is 23.0 Å². The van der Waals surface area contributed by atoms with E-state index in [1.165, 1.54) is 29.2 Å². The number of hydrogen-bond donors (Lipinski definition) is 1. The summed E-state index contributed by atoms with van der Waals surface area (Å²) in [5, 5.41) is 13.6. The fraction of sp³-hybridized carbons (Fsp3) is 0.0833. The summed E-state index contributed by atoms with van der Waals surface area (Å²) >= 11 is 2.66. The zero-order valence-corrected chi connectivity index (χ0v) is 11.2. The number of benzene rings is 1. The Bertz CT molecular complexity index is 708. The Kier molecular flexibility index (Phi) is 3.31. The Labute approximate surface area is 116 Å². The predicted molar refractivity (Wildman–Crippen MR) is 77.4 cm³/mol. The van der Waals surface area contributed by atoms with Gasteiger partial charge in [0.1, 0.15) is 5.82 Å². The third kappa shape index (κ3) is 2.52. The summed E-state index contributed by atoms with van der Waals surface area (Å²) in [7, 11) is 0. The van der Waals surface area contributed by atoms with Crippen molar-refractivity contribution in [2.45, 2.75) is 0 Å². The second-order valence-corrected chi connectivity index (χ2v) is 5.67. The van der Waals surface area contributed by atoms with Gasteiger partial charge in [-0.05, 0) is 23.6 Å². The van der Waals surface area contributed by atoms with Gasteiger partial charge in [0.05, 0.1) is 16.7 Å². The maximum atomic E-state index is 13.5. The number of nitrogens with zero attached hydrogens (tertiary/aromatic N) is 2. The van der Waals surface area contributed by atoms with Gasteiger partial charge in [-0.15, -0.1) is 16.4 Å². The molecule has 0 atom stereocenters. The maximum Gasteiger partial charge on any atom is 0.236 e. The van der Waals surface area contributed by atoms with Crippen molar-refractivity contribution >= 4 is 50.5 Å². The molecule has 0 spiro atoms. The first-order valence-electron chi connectivity index (χ1n) is 5.43. The summed E-state index contributed by atoms with van der Waals surface area (Å²) in [4.78, 5) is 11.0. The first kappa shape index (κ1) is 12.3. The molecule has 1 fully saturated rings. The summed E-state index contributed by atoms with van der Waals surface area (Å²) in [6, 6.07) is 4.93. The van der Waals surface area contributed by atoms with Crippen LogP contribution in [0, 0.1) is 5.82 Å². The van der Waals surface area contributed by atoms with Crippen molar-refractivity contribution in [2.24, 2.45) is 10.2 Å². The van der Waals surface area contributed by atoms with Crippen LogP contribution in [0.4, 0.5) is 4.39 Å². The molecule has 1 aliphatic rings. The minimum absolute atomic E-state index is 0.0686. The predicted octanol–water partition coefficient (Wildman–Crippen LogP) is 2.59. The first-order chi connectivity index (χ1) is 9.24. The molecule has 7 heteroatoms. The number of carbonyl (C=O) groups is 1. The van der Waals surface area contributed by atoms with Crippen molar-refractivity contribution in [3.63, 3.8) is 0 Å². The van der Waals surface area contributed by atoms with Crippen LogP contribution in [0.25, 0.3) is 10.1 Å². The number of halogens is 1. The highest BCUT2D eigenvalue weighted by Crippen LogP contribution is 2.26. The largest absolute Gasteiger partial charge is 0.303 e. The van der Waals surface area contributed by atoms with Crippen LogP contribution in [0.15, 0.2) is 33.8 Å². The van der Waals surface area contributed by atoms with Gasteiger partial charge in [0, 0.05) is 10.9 Å². The molecular weight excluding hydrogens is 285 g/mol. The van der Waals surface area contributed by atoms with Crippen molar-refractivity contribution in [3.05, 3.63) is 35.0 Å². The van der Waals surface area contributed by atoms with Gasteiger partial charge in [0.25, 0.3) is 0 Å². The van der Waals surface area contributed by atoms with Crippen molar-refractivity contribution in [1.29, 1.82) is 0 Å². The Morgan fingerprint density at radius 2 is 2.26 bits per heavy atom. The lowest BCUT2D eigenvalue weighted by molar-refractivity contribution is -0.116. The SMILES string of the molecule is O=C1CSC(=NN=Cc2ccc(F)c3sccc23)N1. The van der Waals surface area contributed by atoms with E-state index in [0.29, 0.717) is 15.6 Å². The number of nitrogens with one attached hydrogen (secondary N) is 1. The van der Waals surface area contributed by atoms with Gasteiger partial charge in [0.2, 0.25) is 5.91 Å². The van der Waals surface area contributed by atoms with E-state index in [9.17, 15) is 9.18 Å². The lowest BCUT2D eigenvalue weighted by Crippen LogP contribution is -2.19. The number of thiophene rings is 1. The summed E-state index contributed by atoms with van der Waals surface area (Å²) < 4.78 is 14.1. The molecule has 1 amide bonds. The van der Waals surface area contributed by atoms with Crippen molar-refractivity contribution in [2.75, 3.05) is 5.75 Å². The molecule has 1 aromatic heterocycles. The van der Waals surface area contributed by atoms with Crippen LogP contribution in [0.5, 0.6) is 0 Å². The third-order valence-electron chi connectivity index (χ3n) is 2.53. The highest BCUT2D eigenvalue weighted by Gasteiger charge is 2.15. The van der Waals surface area contributed by atoms with E-state index < -0.39 is 0 Å². The van der Waals surface area contributed by atoms with E-state index in [4.69, 9.17) is 0 Å². The van der Waals surface area contributed by atoms with Gasteiger partial charge in [-0.25, -0.2) is 4.39 Å². The minimum atomic E-state index is -0.230. The molecule has 1 aliphatic heterocycles. The van der Waals surface area contributed by atoms with Crippen LogP contribution in [0.2, 0.25) is 0 Å². The van der Waals surface area contributed by atoms with Gasteiger partial charge in [-0.2, -0.15) is 5.10 Å². The van der Waals surface area contributed by atoms with Crippen molar-refractivity contribution in [3.8, 4) is 0 Å². The number of fused-ring (bicyclic) bond motifs is 1. The quantitative estimate of drug-likeness (QED) is 0.683. The summed E-state index contributed by atoms with van der Waals surface area (Å²) in [6.45, 7) is 0. The fourth-order valence-electron chi connectivity index (χ4n) is 1.69. The topological polar surface area (TPSA) is 53.8 Å². The highest BCUT2D eigenvalue weighted by molar-refractivity contribution is 8.15. The van der Waals surface area contributed by atoms with Gasteiger partial charge in [0.15, 0.2) is 5.17 Å². The summed E-state index contributed by atoms with van der Waals surface area (Å²) in [5.41, 5.74) is 0.802. The molecule has 3 rings (SSSR count). The molecule has 0 bridgehead atoms. The Balaban J connectivity index is 1.87. The van der Waals surface area contributed by atoms with E-state index in [-0.39, 0.29) is 11.7 Å². The van der Waals surface area contributed by atoms with Gasteiger partial charge in [-0.3, -0.25) is 4.79 Å². The van der Waals surface area contributed by atoms with Crippen LogP contribution >= 0.6 is 23.1 Å². The maximum absolute atomic E-state index is 13.5. The molecule has 0 radical (unpaired) electrons. The Morgan fingerprint density at radius 3 is 3.05 bits per heavy atom. The van der Waals surface area contributed by atoms with Crippen molar-refractivity contribution < 1.29 is 9.18 Å². The van der Waals surface area contributed by atoms with E-state index in [1.54, 1.807) is 12.3 Å². The molecule has 0 saturated carbocycles. The number of rotatable bonds is 2. The molecule has 2 heterocycles. The molecule has 2 aromatic rings. The smallest absolute Gasteiger partial charge is 0.236 e. The average Bonchev–Trinajstić information content (AvgIpc) is 3.02. The number of carbonyl (C=O) groups excluding carboxylic acids is 1. The molecule has 0 aliphatic carbocycles. The standard InChI is InChI=1S/C12H8FN3OS2/c13-9-2-1-7(8-3-4-18-11(8)9)5-14-16-12-15-10(17)6-19-12/h1-5H,6H2,(H,15,16,17). The summed E-state index contributed by atoms with van der Waals surface area (Å²) in [5.74, 6) is 0.0766. The minimum Gasteiger partial charge on any atom is -0.303 e. The number of hydrogen-bond acceptors (Lipinski definition) is 5. The van der Waals surface area contributed by atoms with Crippen LogP contribution in [0.1, 0.15) is 5.56 Å². The number of thioether (sulfide) groups is 1. The van der Waals surface area contributed by atoms with E-state index in [2.05, 4.69) is 15.5 Å². The highest BCUT2D eigenvalue weighted by atomic mass is 32.2. The summed E-state index contributed by atoms with van der Waals surface area (Å²) in [6.07, 6.45) is 1.56. The monoisotopic (exact) mass is 293 g/mol. The van der Waals surface area contributed by atoms with E-state index in [0.717, 1.165) is 10.9 Å². The molecule has 19 heavy (non-hydrogen) atoms. The first-order valence-corrected chi connectivity index (χ1v) is 7.30. The molecular formula is C12H8FN3OS2. The molecule has 1 saturated heterocycles. The Hall–Kier alpha value is -1.73. The average molecular weight is 293 g/mol. The van der Waals surface area contributed by atoms with Crippen molar-refractivity contribution in [1.82, 2.24) is 5.32 Å². The zero-order chi connectivity index (χ0) is 13.2. The normalized spacial score (nSPS) is 17.7. The van der Waals surface area contributed by atoms with Gasteiger partial charge >= 0.3 is 0 Å². The van der Waals surface area contributed by atoms with Crippen LogP contribution in [-0.2, 0) is 4.79 Å². The zero-order valence-electron chi connectivity index (χ0n) is 9.59. The molecule has 0 unspecified atom stereocenters. The third-order valence-corrected chi connectivity index (χ3v) is 4.32. The lowest BCUT2D eigenvalue weighted by Gasteiger charge is -1.96. The molecule has 4 nitrogen and oxygen atoms in total. The second kappa shape index (κ2) is 5.10. The molecule has 1 N–H and O–H groups in total. The lowest BCUT2D eigenvalue weighted by atomic mass is 10.1. The van der Waals surface area contributed by atoms with E-state index in [1.807, 2.05) is 11.4 Å². The van der Waals surface area contributed by atoms with Gasteiger partial charge in [-0.1, -0.05) is 11.8 Å². The molecule has 1 aromatic carbocycles.